The lowest BCUT2D eigenvalue weighted by Crippen LogP contribution is -2.06. The van der Waals surface area contributed by atoms with Crippen LogP contribution >= 0.6 is 0 Å². The van der Waals surface area contributed by atoms with Crippen LogP contribution in [0.1, 0.15) is 30.9 Å². The van der Waals surface area contributed by atoms with Gasteiger partial charge in [0.05, 0.1) is 6.61 Å². The molecule has 0 saturated heterocycles. The van der Waals surface area contributed by atoms with Crippen LogP contribution in [0, 0.1) is 0 Å². The van der Waals surface area contributed by atoms with Crippen molar-refractivity contribution in [1.29, 1.82) is 0 Å². The van der Waals surface area contributed by atoms with E-state index in [0.29, 0.717) is 13.2 Å². The number of para-hydroxylation sites is 1. The molecule has 0 aliphatic heterocycles. The fraction of sp³-hybridized carbons (Fsp3) is 0.333. The quantitative estimate of drug-likeness (QED) is 0.842. The highest BCUT2D eigenvalue weighted by molar-refractivity contribution is 5.48. The molecule has 2 rings (SSSR count). The summed E-state index contributed by atoms with van der Waals surface area (Å²) >= 11 is 0. The largest absolute Gasteiger partial charge is 0.490 e. The topological polar surface area (TPSA) is 38.7 Å². The van der Waals surface area contributed by atoms with E-state index in [0.717, 1.165) is 22.6 Å². The van der Waals surface area contributed by atoms with Crippen LogP contribution in [-0.2, 0) is 6.61 Å². The van der Waals surface area contributed by atoms with E-state index in [1.807, 2.05) is 62.4 Å². The van der Waals surface area contributed by atoms with Gasteiger partial charge in [-0.1, -0.05) is 49.4 Å². The minimum Gasteiger partial charge on any atom is -0.490 e. The van der Waals surface area contributed by atoms with E-state index in [1.165, 1.54) is 0 Å². The number of hydrogen-bond donors (Lipinski definition) is 1. The Labute approximate surface area is 126 Å². The molecule has 0 saturated carbocycles. The molecule has 0 aromatic heterocycles. The predicted octanol–water partition coefficient (Wildman–Crippen LogP) is 3.76. The third-order valence-corrected chi connectivity index (χ3v) is 3.34. The van der Waals surface area contributed by atoms with Crippen molar-refractivity contribution in [2.75, 3.05) is 13.2 Å². The van der Waals surface area contributed by atoms with Gasteiger partial charge in [-0.25, -0.2) is 0 Å². The van der Waals surface area contributed by atoms with Crippen LogP contribution in [0.15, 0.2) is 48.5 Å². The average molecular weight is 286 g/mol. The summed E-state index contributed by atoms with van der Waals surface area (Å²) < 4.78 is 11.6. The van der Waals surface area contributed by atoms with E-state index in [2.05, 4.69) is 0 Å². The first-order chi connectivity index (χ1) is 10.3. The van der Waals surface area contributed by atoms with Gasteiger partial charge in [0.25, 0.3) is 0 Å². The lowest BCUT2D eigenvalue weighted by atomic mass is 10.0. The van der Waals surface area contributed by atoms with Gasteiger partial charge in [0.2, 0.25) is 0 Å². The van der Waals surface area contributed by atoms with Gasteiger partial charge in [-0.2, -0.15) is 0 Å². The maximum atomic E-state index is 9.42. The molecule has 0 heterocycles. The van der Waals surface area contributed by atoms with Crippen LogP contribution < -0.4 is 9.47 Å². The number of aliphatic hydroxyl groups is 1. The van der Waals surface area contributed by atoms with Gasteiger partial charge >= 0.3 is 0 Å². The predicted molar refractivity (Wildman–Crippen MR) is 83.9 cm³/mol. The molecule has 0 aliphatic carbocycles. The van der Waals surface area contributed by atoms with Crippen LogP contribution in [-0.4, -0.2) is 18.3 Å². The van der Waals surface area contributed by atoms with Crippen molar-refractivity contribution in [1.82, 2.24) is 0 Å². The fourth-order valence-electron chi connectivity index (χ4n) is 2.17. The second-order valence-electron chi connectivity index (χ2n) is 4.97. The normalized spacial score (nSPS) is 12.0. The van der Waals surface area contributed by atoms with E-state index in [9.17, 15) is 5.11 Å². The van der Waals surface area contributed by atoms with Crippen molar-refractivity contribution in [2.45, 2.75) is 26.4 Å². The standard InChI is InChI=1S/C18H22O3/c1-3-20-17-11-7-10-16(14(2)12-19)18(17)21-13-15-8-5-4-6-9-15/h4-11,14,19H,3,12-13H2,1-2H3. The van der Waals surface area contributed by atoms with Crippen molar-refractivity contribution >= 4 is 0 Å². The summed E-state index contributed by atoms with van der Waals surface area (Å²) in [6, 6.07) is 15.8. The Bertz CT molecular complexity index is 552. The first-order valence-corrected chi connectivity index (χ1v) is 7.29. The van der Waals surface area contributed by atoms with Crippen LogP contribution in [0.2, 0.25) is 0 Å². The smallest absolute Gasteiger partial charge is 0.165 e. The zero-order chi connectivity index (χ0) is 15.1. The molecule has 2 aromatic carbocycles. The molecule has 3 nitrogen and oxygen atoms in total. The van der Waals surface area contributed by atoms with Crippen molar-refractivity contribution in [3.63, 3.8) is 0 Å². The molecular formula is C18H22O3. The number of rotatable bonds is 7. The van der Waals surface area contributed by atoms with Crippen LogP contribution in [0.5, 0.6) is 11.5 Å². The number of aliphatic hydroxyl groups excluding tert-OH is 1. The third kappa shape index (κ3) is 3.99. The minimum absolute atomic E-state index is 0.0104. The van der Waals surface area contributed by atoms with Gasteiger partial charge in [-0.05, 0) is 18.6 Å². The molecule has 1 unspecified atom stereocenters. The van der Waals surface area contributed by atoms with Crippen molar-refractivity contribution in [3.8, 4) is 11.5 Å². The van der Waals surface area contributed by atoms with Gasteiger partial charge in [-0.15, -0.1) is 0 Å². The van der Waals surface area contributed by atoms with E-state index in [4.69, 9.17) is 9.47 Å². The summed E-state index contributed by atoms with van der Waals surface area (Å²) in [5.74, 6) is 1.46. The highest BCUT2D eigenvalue weighted by Crippen LogP contribution is 2.36. The van der Waals surface area contributed by atoms with Gasteiger partial charge in [0.15, 0.2) is 11.5 Å². The molecule has 112 valence electrons. The van der Waals surface area contributed by atoms with Crippen molar-refractivity contribution in [3.05, 3.63) is 59.7 Å². The van der Waals surface area contributed by atoms with Crippen LogP contribution in [0.3, 0.4) is 0 Å². The monoisotopic (exact) mass is 286 g/mol. The molecule has 1 N–H and O–H groups in total. The summed E-state index contributed by atoms with van der Waals surface area (Å²) in [5, 5.41) is 9.42. The summed E-state index contributed by atoms with van der Waals surface area (Å²) in [4.78, 5) is 0. The Kier molecular flexibility index (Phi) is 5.64. The summed E-state index contributed by atoms with van der Waals surface area (Å²) in [6.45, 7) is 5.07. The summed E-state index contributed by atoms with van der Waals surface area (Å²) in [6.07, 6.45) is 0. The molecule has 0 radical (unpaired) electrons. The van der Waals surface area contributed by atoms with E-state index in [1.54, 1.807) is 0 Å². The maximum Gasteiger partial charge on any atom is 0.165 e. The van der Waals surface area contributed by atoms with E-state index in [-0.39, 0.29) is 12.5 Å². The Hall–Kier alpha value is -2.00. The number of ether oxygens (including phenoxy) is 2. The molecule has 21 heavy (non-hydrogen) atoms. The molecule has 0 aliphatic rings. The van der Waals surface area contributed by atoms with E-state index < -0.39 is 0 Å². The molecule has 0 fully saturated rings. The lowest BCUT2D eigenvalue weighted by Gasteiger charge is -2.18. The van der Waals surface area contributed by atoms with Gasteiger partial charge in [0.1, 0.15) is 6.61 Å². The first kappa shape index (κ1) is 15.4. The Morgan fingerprint density at radius 3 is 2.43 bits per heavy atom. The second-order valence-corrected chi connectivity index (χ2v) is 4.97. The van der Waals surface area contributed by atoms with Crippen molar-refractivity contribution < 1.29 is 14.6 Å². The van der Waals surface area contributed by atoms with Crippen LogP contribution in [0.25, 0.3) is 0 Å². The number of benzene rings is 2. The Balaban J connectivity index is 2.25. The summed E-state index contributed by atoms with van der Waals surface area (Å²) in [7, 11) is 0. The fourth-order valence-corrected chi connectivity index (χ4v) is 2.17. The van der Waals surface area contributed by atoms with Crippen molar-refractivity contribution in [2.24, 2.45) is 0 Å². The second kappa shape index (κ2) is 7.70. The van der Waals surface area contributed by atoms with Crippen LogP contribution in [0.4, 0.5) is 0 Å². The SMILES string of the molecule is CCOc1cccc(C(C)CO)c1OCc1ccccc1. The maximum absolute atomic E-state index is 9.42. The number of hydrogen-bond acceptors (Lipinski definition) is 3. The molecule has 2 aromatic rings. The van der Waals surface area contributed by atoms with E-state index >= 15 is 0 Å². The zero-order valence-electron chi connectivity index (χ0n) is 12.6. The van der Waals surface area contributed by atoms with Gasteiger partial charge in [-0.3, -0.25) is 0 Å². The molecule has 1 atom stereocenters. The molecule has 3 heteroatoms. The molecule has 0 spiro atoms. The molecule has 0 amide bonds. The highest BCUT2D eigenvalue weighted by Gasteiger charge is 2.16. The molecule has 0 bridgehead atoms. The van der Waals surface area contributed by atoms with Gasteiger partial charge in [0, 0.05) is 18.1 Å². The zero-order valence-corrected chi connectivity index (χ0v) is 12.6. The van der Waals surface area contributed by atoms with Gasteiger partial charge < -0.3 is 14.6 Å². The minimum atomic E-state index is 0.0104. The first-order valence-electron chi connectivity index (χ1n) is 7.29. The Morgan fingerprint density at radius 2 is 1.76 bits per heavy atom. The lowest BCUT2D eigenvalue weighted by molar-refractivity contribution is 0.250. The summed E-state index contributed by atoms with van der Waals surface area (Å²) in [5.41, 5.74) is 2.07. The molecular weight excluding hydrogens is 264 g/mol. The third-order valence-electron chi connectivity index (χ3n) is 3.34. The highest BCUT2D eigenvalue weighted by atomic mass is 16.5. The average Bonchev–Trinajstić information content (AvgIpc) is 2.54. The Morgan fingerprint density at radius 1 is 1.00 bits per heavy atom.